The highest BCUT2D eigenvalue weighted by atomic mass is 79.9. The van der Waals surface area contributed by atoms with Crippen LogP contribution in [0.4, 0.5) is 0 Å². The van der Waals surface area contributed by atoms with E-state index in [0.29, 0.717) is 28.0 Å². The minimum Gasteiger partial charge on any atom is -0.497 e. The highest BCUT2D eigenvalue weighted by Gasteiger charge is 2.38. The van der Waals surface area contributed by atoms with Gasteiger partial charge in [-0.2, -0.15) is 4.31 Å². The predicted octanol–water partition coefficient (Wildman–Crippen LogP) is 4.24. The number of halogens is 1. The maximum absolute atomic E-state index is 13.7. The Labute approximate surface area is 192 Å². The van der Waals surface area contributed by atoms with Crippen LogP contribution in [-0.4, -0.2) is 46.1 Å². The summed E-state index contributed by atoms with van der Waals surface area (Å²) in [6.45, 7) is 3.78. The average Bonchev–Trinajstić information content (AvgIpc) is 2.75. The molecule has 0 unspecified atom stereocenters. The number of nitrogens with zero attached hydrogens (tertiary/aromatic N) is 1. The second kappa shape index (κ2) is 11.0. The number of carbonyl (C=O) groups is 1. The van der Waals surface area contributed by atoms with Gasteiger partial charge in [0.1, 0.15) is 17.5 Å². The Morgan fingerprint density at radius 3 is 2.10 bits per heavy atom. The molecule has 170 valence electrons. The number of hydrogen-bond acceptors (Lipinski definition) is 6. The molecule has 9 heteroatoms. The van der Waals surface area contributed by atoms with Gasteiger partial charge in [-0.25, -0.2) is 8.42 Å². The first kappa shape index (κ1) is 25.2. The van der Waals surface area contributed by atoms with E-state index < -0.39 is 22.0 Å². The normalized spacial score (nSPS) is 12.6. The Kier molecular flexibility index (Phi) is 8.90. The van der Waals surface area contributed by atoms with Crippen molar-refractivity contribution in [1.82, 2.24) is 4.31 Å². The summed E-state index contributed by atoms with van der Waals surface area (Å²) in [7, 11) is 0.228. The van der Waals surface area contributed by atoms with E-state index in [1.54, 1.807) is 36.4 Å². The topological polar surface area (TPSA) is 82.1 Å². The van der Waals surface area contributed by atoms with E-state index >= 15 is 0 Å². The molecule has 0 aliphatic carbocycles. The van der Waals surface area contributed by atoms with Gasteiger partial charge >= 0.3 is 5.97 Å². The minimum absolute atomic E-state index is 0.0564. The Morgan fingerprint density at radius 2 is 1.61 bits per heavy atom. The lowest BCUT2D eigenvalue weighted by Crippen LogP contribution is -2.46. The summed E-state index contributed by atoms with van der Waals surface area (Å²) in [6, 6.07) is 10.6. The zero-order valence-corrected chi connectivity index (χ0v) is 20.7. The molecule has 0 bridgehead atoms. The van der Waals surface area contributed by atoms with Crippen molar-refractivity contribution in [1.29, 1.82) is 0 Å². The maximum atomic E-state index is 13.7. The molecule has 0 saturated carbocycles. The molecule has 0 saturated heterocycles. The first-order valence-electron chi connectivity index (χ1n) is 9.70. The molecular weight excluding hydrogens is 486 g/mol. The van der Waals surface area contributed by atoms with Crippen molar-refractivity contribution in [3.05, 3.63) is 52.5 Å². The molecule has 0 heterocycles. The van der Waals surface area contributed by atoms with Gasteiger partial charge in [-0.1, -0.05) is 26.0 Å². The van der Waals surface area contributed by atoms with Crippen LogP contribution in [0.1, 0.15) is 25.8 Å². The summed E-state index contributed by atoms with van der Waals surface area (Å²) in [4.78, 5) is 12.8. The van der Waals surface area contributed by atoms with Crippen LogP contribution in [0, 0.1) is 5.92 Å². The predicted molar refractivity (Wildman–Crippen MR) is 122 cm³/mol. The van der Waals surface area contributed by atoms with Gasteiger partial charge in [0.15, 0.2) is 0 Å². The van der Waals surface area contributed by atoms with E-state index in [4.69, 9.17) is 14.2 Å². The number of hydrogen-bond donors (Lipinski definition) is 0. The molecule has 0 amide bonds. The van der Waals surface area contributed by atoms with Crippen LogP contribution in [0.2, 0.25) is 0 Å². The number of carbonyl (C=O) groups excluding carboxylic acids is 1. The van der Waals surface area contributed by atoms with E-state index in [2.05, 4.69) is 15.9 Å². The first-order valence-corrected chi connectivity index (χ1v) is 11.9. The molecule has 2 aromatic rings. The summed E-state index contributed by atoms with van der Waals surface area (Å²) < 4.78 is 44.7. The molecule has 0 aliphatic heterocycles. The molecule has 0 aromatic heterocycles. The molecule has 1 atom stereocenters. The highest BCUT2D eigenvalue weighted by Crippen LogP contribution is 2.31. The molecule has 0 spiro atoms. The molecule has 0 radical (unpaired) electrons. The van der Waals surface area contributed by atoms with Crippen LogP contribution in [0.15, 0.2) is 51.8 Å². The lowest BCUT2D eigenvalue weighted by Gasteiger charge is -2.30. The first-order chi connectivity index (χ1) is 14.6. The largest absolute Gasteiger partial charge is 0.497 e. The fourth-order valence-electron chi connectivity index (χ4n) is 3.19. The van der Waals surface area contributed by atoms with Crippen molar-refractivity contribution < 1.29 is 27.4 Å². The highest BCUT2D eigenvalue weighted by molar-refractivity contribution is 9.10. The van der Waals surface area contributed by atoms with Crippen molar-refractivity contribution in [3.63, 3.8) is 0 Å². The lowest BCUT2D eigenvalue weighted by atomic mass is 10.0. The average molecular weight is 514 g/mol. The van der Waals surface area contributed by atoms with E-state index in [1.807, 2.05) is 13.8 Å². The number of ether oxygens (including phenoxy) is 3. The third-order valence-electron chi connectivity index (χ3n) is 4.69. The second-order valence-corrected chi connectivity index (χ2v) is 10.1. The smallest absolute Gasteiger partial charge is 0.324 e. The standard InChI is InChI=1S/C22H28BrNO6S/c1-15(2)10-20(22(25)30-5)24(31(26,27)21-9-7-6-8-19(21)23)14-16-11-17(28-3)13-18(12-16)29-4/h6-9,11-13,15,20H,10,14H2,1-5H3/t20-/m0/s1. The summed E-state index contributed by atoms with van der Waals surface area (Å²) in [5.41, 5.74) is 0.615. The van der Waals surface area contributed by atoms with Gasteiger partial charge in [-0.3, -0.25) is 4.79 Å². The van der Waals surface area contributed by atoms with Gasteiger partial charge in [0.25, 0.3) is 0 Å². The van der Waals surface area contributed by atoms with Crippen LogP contribution in [0.25, 0.3) is 0 Å². The quantitative estimate of drug-likeness (QED) is 0.441. The zero-order valence-electron chi connectivity index (χ0n) is 18.3. The van der Waals surface area contributed by atoms with Crippen molar-refractivity contribution in [2.45, 2.75) is 37.8 Å². The fraction of sp³-hybridized carbons (Fsp3) is 0.409. The lowest BCUT2D eigenvalue weighted by molar-refractivity contribution is -0.145. The van der Waals surface area contributed by atoms with Crippen LogP contribution in [-0.2, 0) is 26.1 Å². The van der Waals surface area contributed by atoms with E-state index in [1.165, 1.54) is 31.7 Å². The summed E-state index contributed by atoms with van der Waals surface area (Å²) >= 11 is 3.32. The van der Waals surface area contributed by atoms with Crippen LogP contribution >= 0.6 is 15.9 Å². The molecule has 2 aromatic carbocycles. The van der Waals surface area contributed by atoms with Crippen molar-refractivity contribution in [2.24, 2.45) is 5.92 Å². The van der Waals surface area contributed by atoms with Crippen molar-refractivity contribution in [2.75, 3.05) is 21.3 Å². The van der Waals surface area contributed by atoms with Gasteiger partial charge < -0.3 is 14.2 Å². The molecular formula is C22H28BrNO6S. The van der Waals surface area contributed by atoms with Gasteiger partial charge in [0.2, 0.25) is 10.0 Å². The van der Waals surface area contributed by atoms with Crippen LogP contribution in [0.3, 0.4) is 0 Å². The van der Waals surface area contributed by atoms with Gasteiger partial charge in [0.05, 0.1) is 26.2 Å². The molecule has 7 nitrogen and oxygen atoms in total. The zero-order chi connectivity index (χ0) is 23.2. The summed E-state index contributed by atoms with van der Waals surface area (Å²) in [5.74, 6) is 0.484. The van der Waals surface area contributed by atoms with Gasteiger partial charge in [0, 0.05) is 17.1 Å². The van der Waals surface area contributed by atoms with Gasteiger partial charge in [-0.05, 0) is 58.1 Å². The Morgan fingerprint density at radius 1 is 1.03 bits per heavy atom. The number of sulfonamides is 1. The molecule has 2 rings (SSSR count). The van der Waals surface area contributed by atoms with E-state index in [-0.39, 0.29) is 17.4 Å². The Hall–Kier alpha value is -2.10. The molecule has 0 fully saturated rings. The monoisotopic (exact) mass is 513 g/mol. The third kappa shape index (κ3) is 6.21. The third-order valence-corrected chi connectivity index (χ3v) is 7.56. The van der Waals surface area contributed by atoms with Crippen molar-refractivity contribution in [3.8, 4) is 11.5 Å². The second-order valence-electron chi connectivity index (χ2n) is 7.37. The fourth-order valence-corrected chi connectivity index (χ4v) is 5.74. The summed E-state index contributed by atoms with van der Waals surface area (Å²) in [6.07, 6.45) is 0.303. The van der Waals surface area contributed by atoms with Crippen LogP contribution < -0.4 is 9.47 Å². The van der Waals surface area contributed by atoms with E-state index in [0.717, 1.165) is 0 Å². The Balaban J connectivity index is 2.65. The molecule has 31 heavy (non-hydrogen) atoms. The SMILES string of the molecule is COC(=O)[C@H](CC(C)C)N(Cc1cc(OC)cc(OC)c1)S(=O)(=O)c1ccccc1Br. The van der Waals surface area contributed by atoms with Gasteiger partial charge in [-0.15, -0.1) is 0 Å². The maximum Gasteiger partial charge on any atom is 0.324 e. The molecule has 0 N–H and O–H groups in total. The number of methoxy groups -OCH3 is 3. The van der Waals surface area contributed by atoms with Crippen LogP contribution in [0.5, 0.6) is 11.5 Å². The summed E-state index contributed by atoms with van der Waals surface area (Å²) in [5, 5.41) is 0. The van der Waals surface area contributed by atoms with E-state index in [9.17, 15) is 13.2 Å². The minimum atomic E-state index is -4.07. The number of rotatable bonds is 10. The number of esters is 1. The Bertz CT molecular complexity index is 987. The van der Waals surface area contributed by atoms with Crippen molar-refractivity contribution >= 4 is 31.9 Å². The number of benzene rings is 2. The molecule has 0 aliphatic rings.